The number of non-ortho nitro benzene ring substituents is 1. The lowest BCUT2D eigenvalue weighted by molar-refractivity contribution is -0.384. The van der Waals surface area contributed by atoms with Crippen molar-refractivity contribution in [2.24, 2.45) is 0 Å². The Labute approximate surface area is 162 Å². The van der Waals surface area contributed by atoms with E-state index in [2.05, 4.69) is 0 Å². The lowest BCUT2D eigenvalue weighted by Crippen LogP contribution is -2.26. The lowest BCUT2D eigenvalue weighted by atomic mass is 9.99. The Balaban J connectivity index is 2.00. The Morgan fingerprint density at radius 2 is 1.81 bits per heavy atom. The molecule has 0 atom stereocenters. The molecule has 0 aliphatic heterocycles. The molecule has 2 rings (SSSR count). The molecule has 0 unspecified atom stereocenters. The fourth-order valence-corrected chi connectivity index (χ4v) is 2.90. The highest BCUT2D eigenvalue weighted by atomic mass is 35.5. The second kappa shape index (κ2) is 8.77. The molecule has 0 aliphatic carbocycles. The maximum atomic E-state index is 12.4. The third-order valence-electron chi connectivity index (χ3n) is 4.33. The number of carbonyl (C=O) groups is 2. The van der Waals surface area contributed by atoms with Crippen molar-refractivity contribution in [1.29, 1.82) is 0 Å². The molecule has 0 saturated heterocycles. The van der Waals surface area contributed by atoms with Gasteiger partial charge in [-0.2, -0.15) is 0 Å². The molecule has 0 spiro atoms. The molecule has 0 radical (unpaired) electrons. The third-order valence-corrected chi connectivity index (χ3v) is 4.70. The highest BCUT2D eigenvalue weighted by molar-refractivity contribution is 6.31. The molecule has 142 valence electrons. The van der Waals surface area contributed by atoms with Crippen LogP contribution in [0.2, 0.25) is 5.02 Å². The van der Waals surface area contributed by atoms with Crippen molar-refractivity contribution < 1.29 is 14.5 Å². The maximum Gasteiger partial charge on any atom is 0.269 e. The smallest absolute Gasteiger partial charge is 0.269 e. The van der Waals surface area contributed by atoms with Crippen LogP contribution in [-0.4, -0.2) is 28.6 Å². The molecule has 0 heterocycles. The number of Topliss-reactive ketones (excluding diaryl/α,β-unsaturated/α-hetero) is 1. The van der Waals surface area contributed by atoms with Crippen LogP contribution in [0.1, 0.15) is 39.9 Å². The molecular formula is C20H21ClN2O4. The standard InChI is InChI=1S/C20H21ClN2O4/c1-13-4-5-14(2)17(10-13)19(24)8-9-20(25)22(3)12-15-11-16(23(26)27)6-7-18(15)21/h4-7,10-11H,8-9,12H2,1-3H3. The molecule has 2 aromatic carbocycles. The predicted octanol–water partition coefficient (Wildman–Crippen LogP) is 4.49. The van der Waals surface area contributed by atoms with Gasteiger partial charge in [-0.1, -0.05) is 29.3 Å². The Morgan fingerprint density at radius 3 is 2.48 bits per heavy atom. The highest BCUT2D eigenvalue weighted by Crippen LogP contribution is 2.23. The van der Waals surface area contributed by atoms with E-state index in [4.69, 9.17) is 11.6 Å². The van der Waals surface area contributed by atoms with Gasteiger partial charge in [0.25, 0.3) is 5.69 Å². The van der Waals surface area contributed by atoms with Gasteiger partial charge < -0.3 is 4.90 Å². The average molecular weight is 389 g/mol. The number of nitrogens with zero attached hydrogens (tertiary/aromatic N) is 2. The minimum atomic E-state index is -0.509. The van der Waals surface area contributed by atoms with Gasteiger partial charge in [0, 0.05) is 49.2 Å². The van der Waals surface area contributed by atoms with Crippen molar-refractivity contribution in [2.45, 2.75) is 33.2 Å². The van der Waals surface area contributed by atoms with Crippen molar-refractivity contribution in [2.75, 3.05) is 7.05 Å². The third kappa shape index (κ3) is 5.37. The number of rotatable bonds is 7. The Hall–Kier alpha value is -2.73. The van der Waals surface area contributed by atoms with Gasteiger partial charge in [-0.25, -0.2) is 0 Å². The summed E-state index contributed by atoms with van der Waals surface area (Å²) < 4.78 is 0. The monoisotopic (exact) mass is 388 g/mol. The minimum Gasteiger partial charge on any atom is -0.341 e. The number of ketones is 1. The first-order valence-corrected chi connectivity index (χ1v) is 8.84. The number of hydrogen-bond acceptors (Lipinski definition) is 4. The maximum absolute atomic E-state index is 12.4. The number of amides is 1. The van der Waals surface area contributed by atoms with Crippen molar-refractivity contribution in [1.82, 2.24) is 4.90 Å². The van der Waals surface area contributed by atoms with Crippen molar-refractivity contribution in [3.63, 3.8) is 0 Å². The number of nitro groups is 1. The van der Waals surface area contributed by atoms with Gasteiger partial charge >= 0.3 is 0 Å². The molecule has 0 aromatic heterocycles. The largest absolute Gasteiger partial charge is 0.341 e. The van der Waals surface area contributed by atoms with E-state index < -0.39 is 4.92 Å². The fraction of sp³-hybridized carbons (Fsp3) is 0.300. The molecular weight excluding hydrogens is 368 g/mol. The average Bonchev–Trinajstić information content (AvgIpc) is 2.62. The van der Waals surface area contributed by atoms with Gasteiger partial charge in [0.2, 0.25) is 5.91 Å². The van der Waals surface area contributed by atoms with Crippen LogP contribution in [0, 0.1) is 24.0 Å². The predicted molar refractivity (Wildman–Crippen MR) is 104 cm³/mol. The first kappa shape index (κ1) is 20.6. The zero-order valence-electron chi connectivity index (χ0n) is 15.5. The van der Waals surface area contributed by atoms with Crippen LogP contribution in [0.4, 0.5) is 5.69 Å². The molecule has 0 aliphatic rings. The quantitative estimate of drug-likeness (QED) is 0.397. The van der Waals surface area contributed by atoms with E-state index in [0.717, 1.165) is 11.1 Å². The summed E-state index contributed by atoms with van der Waals surface area (Å²) in [6, 6.07) is 9.77. The van der Waals surface area contributed by atoms with E-state index in [9.17, 15) is 19.7 Å². The number of carbonyl (C=O) groups excluding carboxylic acids is 2. The van der Waals surface area contributed by atoms with Gasteiger partial charge in [0.1, 0.15) is 0 Å². The SMILES string of the molecule is Cc1ccc(C)c(C(=O)CCC(=O)N(C)Cc2cc([N+](=O)[O-])ccc2Cl)c1. The van der Waals surface area contributed by atoms with Gasteiger partial charge in [-0.3, -0.25) is 19.7 Å². The van der Waals surface area contributed by atoms with Crippen LogP contribution in [0.5, 0.6) is 0 Å². The van der Waals surface area contributed by atoms with E-state index in [0.29, 0.717) is 16.1 Å². The second-order valence-electron chi connectivity index (χ2n) is 6.52. The molecule has 0 bridgehead atoms. The summed E-state index contributed by atoms with van der Waals surface area (Å²) in [6.07, 6.45) is 0.172. The van der Waals surface area contributed by atoms with E-state index in [1.807, 2.05) is 32.0 Å². The number of hydrogen-bond donors (Lipinski definition) is 0. The van der Waals surface area contributed by atoms with Crippen LogP contribution in [0.25, 0.3) is 0 Å². The number of aryl methyl sites for hydroxylation is 2. The Kier molecular flexibility index (Phi) is 6.69. The molecule has 0 N–H and O–H groups in total. The molecule has 0 fully saturated rings. The van der Waals surface area contributed by atoms with Crippen LogP contribution in [0.3, 0.4) is 0 Å². The normalized spacial score (nSPS) is 10.5. The topological polar surface area (TPSA) is 80.5 Å². The van der Waals surface area contributed by atoms with E-state index in [-0.39, 0.29) is 36.8 Å². The van der Waals surface area contributed by atoms with Gasteiger partial charge in [-0.05, 0) is 37.1 Å². The molecule has 1 amide bonds. The summed E-state index contributed by atoms with van der Waals surface area (Å²) in [7, 11) is 1.58. The molecule has 7 heteroatoms. The number of nitro benzene ring substituents is 1. The Morgan fingerprint density at radius 1 is 1.11 bits per heavy atom. The zero-order valence-corrected chi connectivity index (χ0v) is 16.2. The van der Waals surface area contributed by atoms with Gasteiger partial charge in [0.15, 0.2) is 5.78 Å². The summed E-state index contributed by atoms with van der Waals surface area (Å²) in [4.78, 5) is 36.6. The zero-order chi connectivity index (χ0) is 20.1. The lowest BCUT2D eigenvalue weighted by Gasteiger charge is -2.18. The molecule has 0 saturated carbocycles. The molecule has 2 aromatic rings. The first-order valence-electron chi connectivity index (χ1n) is 8.46. The van der Waals surface area contributed by atoms with Crippen LogP contribution in [0.15, 0.2) is 36.4 Å². The summed E-state index contributed by atoms with van der Waals surface area (Å²) in [5, 5.41) is 11.2. The summed E-state index contributed by atoms with van der Waals surface area (Å²) in [5.74, 6) is -0.303. The first-order chi connectivity index (χ1) is 12.7. The van der Waals surface area contributed by atoms with E-state index >= 15 is 0 Å². The van der Waals surface area contributed by atoms with Crippen LogP contribution in [-0.2, 0) is 11.3 Å². The number of benzene rings is 2. The summed E-state index contributed by atoms with van der Waals surface area (Å²) in [5.41, 5.74) is 2.91. The molecule has 27 heavy (non-hydrogen) atoms. The summed E-state index contributed by atoms with van der Waals surface area (Å²) in [6.45, 7) is 3.92. The fourth-order valence-electron chi connectivity index (χ4n) is 2.72. The van der Waals surface area contributed by atoms with Gasteiger partial charge in [0.05, 0.1) is 4.92 Å². The number of halogens is 1. The highest BCUT2D eigenvalue weighted by Gasteiger charge is 2.17. The van der Waals surface area contributed by atoms with Crippen LogP contribution >= 0.6 is 11.6 Å². The minimum absolute atomic E-state index is 0.0647. The summed E-state index contributed by atoms with van der Waals surface area (Å²) >= 11 is 6.07. The van der Waals surface area contributed by atoms with Gasteiger partial charge in [-0.15, -0.1) is 0 Å². The van der Waals surface area contributed by atoms with Crippen LogP contribution < -0.4 is 0 Å². The van der Waals surface area contributed by atoms with E-state index in [1.54, 1.807) is 7.05 Å². The van der Waals surface area contributed by atoms with Crippen molar-refractivity contribution in [3.8, 4) is 0 Å². The second-order valence-corrected chi connectivity index (χ2v) is 6.93. The van der Waals surface area contributed by atoms with E-state index in [1.165, 1.54) is 23.1 Å². The molecule has 6 nitrogen and oxygen atoms in total. The van der Waals surface area contributed by atoms with Crippen molar-refractivity contribution >= 4 is 29.0 Å². The van der Waals surface area contributed by atoms with Crippen molar-refractivity contribution in [3.05, 3.63) is 73.8 Å². The Bertz CT molecular complexity index is 896.